The summed E-state index contributed by atoms with van der Waals surface area (Å²) >= 11 is 0. The predicted molar refractivity (Wildman–Crippen MR) is 65.9 cm³/mol. The molecule has 0 unspecified atom stereocenters. The van der Waals surface area contributed by atoms with Crippen LogP contribution in [0.2, 0.25) is 0 Å². The third-order valence-electron chi connectivity index (χ3n) is 2.40. The van der Waals surface area contributed by atoms with Gasteiger partial charge in [-0.15, -0.1) is 0 Å². The molecule has 0 aromatic rings. The summed E-state index contributed by atoms with van der Waals surface area (Å²) in [5.74, 6) is 0.139. The summed E-state index contributed by atoms with van der Waals surface area (Å²) in [6, 6.07) is 0. The Labute approximate surface area is 97.8 Å². The average molecular weight is 242 g/mol. The fourth-order valence-electron chi connectivity index (χ4n) is 1.47. The monoisotopic (exact) mass is 242 g/mol. The summed E-state index contributed by atoms with van der Waals surface area (Å²) in [6.07, 6.45) is 0. The number of hydrogen-bond acceptors (Lipinski definition) is 4. The zero-order valence-electron chi connectivity index (χ0n) is 9.03. The first-order valence-corrected chi connectivity index (χ1v) is 7.10. The highest BCUT2D eigenvalue weighted by atomic mass is 33.1. The molecule has 0 aromatic carbocycles. The number of fused-ring (bicyclic) bond motifs is 1. The molecule has 0 spiro atoms. The van der Waals surface area contributed by atoms with E-state index < -0.39 is 0 Å². The van der Waals surface area contributed by atoms with Gasteiger partial charge in [-0.2, -0.15) is 0 Å². The largest absolute Gasteiger partial charge is 0.367 e. The molecule has 0 atom stereocenters. The molecule has 5 heteroatoms. The molecule has 0 aromatic heterocycles. The van der Waals surface area contributed by atoms with Gasteiger partial charge in [0.25, 0.3) is 0 Å². The van der Waals surface area contributed by atoms with Gasteiger partial charge in [-0.25, -0.2) is 0 Å². The van der Waals surface area contributed by atoms with Crippen LogP contribution in [0.4, 0.5) is 0 Å². The molecule has 2 aliphatic rings. The van der Waals surface area contributed by atoms with Gasteiger partial charge in [-0.3, -0.25) is 4.79 Å². The van der Waals surface area contributed by atoms with E-state index in [9.17, 15) is 4.79 Å². The number of nitrogens with zero attached hydrogens (tertiary/aromatic N) is 1. The first-order valence-electron chi connectivity index (χ1n) is 4.88. The van der Waals surface area contributed by atoms with E-state index in [0.29, 0.717) is 0 Å². The Morgan fingerprint density at radius 1 is 1.60 bits per heavy atom. The molecule has 0 aliphatic carbocycles. The Balaban J connectivity index is 2.14. The van der Waals surface area contributed by atoms with Crippen molar-refractivity contribution in [1.29, 1.82) is 0 Å². The van der Waals surface area contributed by atoms with Crippen molar-refractivity contribution < 1.29 is 4.79 Å². The lowest BCUT2D eigenvalue weighted by Gasteiger charge is -2.12. The van der Waals surface area contributed by atoms with Crippen molar-refractivity contribution in [2.24, 2.45) is 5.92 Å². The maximum absolute atomic E-state index is 11.6. The first kappa shape index (κ1) is 11.0. The second-order valence-corrected chi connectivity index (χ2v) is 6.07. The second-order valence-electron chi connectivity index (χ2n) is 3.99. The standard InChI is InChI=1S/C10H14N2OS2/c1-6(2)10(13)11-7-4-12(3)8-5-14-15-9(7)8/h5-6H,4H2,1-3H3,(H,11,13). The molecule has 0 saturated heterocycles. The number of hydrogen-bond donors (Lipinski definition) is 1. The van der Waals surface area contributed by atoms with Gasteiger partial charge in [0.15, 0.2) is 0 Å². The molecular weight excluding hydrogens is 228 g/mol. The number of rotatable bonds is 2. The van der Waals surface area contributed by atoms with Crippen LogP contribution < -0.4 is 5.32 Å². The van der Waals surface area contributed by atoms with E-state index in [1.54, 1.807) is 21.6 Å². The van der Waals surface area contributed by atoms with Crippen molar-refractivity contribution in [3.05, 3.63) is 21.7 Å². The summed E-state index contributed by atoms with van der Waals surface area (Å²) in [4.78, 5) is 15.0. The molecule has 0 bridgehead atoms. The second kappa shape index (κ2) is 4.14. The molecule has 2 heterocycles. The number of likely N-dealkylation sites (N-methyl/N-ethyl adjacent to an activating group) is 1. The Morgan fingerprint density at radius 2 is 2.33 bits per heavy atom. The lowest BCUT2D eigenvalue weighted by molar-refractivity contribution is -0.123. The van der Waals surface area contributed by atoms with Crippen molar-refractivity contribution in [3.8, 4) is 0 Å². The number of amides is 1. The van der Waals surface area contributed by atoms with Gasteiger partial charge in [0.1, 0.15) is 0 Å². The molecule has 1 N–H and O–H groups in total. The molecule has 0 radical (unpaired) electrons. The predicted octanol–water partition coefficient (Wildman–Crippen LogP) is 2.15. The molecule has 82 valence electrons. The first-order chi connectivity index (χ1) is 7.09. The zero-order valence-corrected chi connectivity index (χ0v) is 10.7. The summed E-state index contributed by atoms with van der Waals surface area (Å²) in [5, 5.41) is 5.14. The van der Waals surface area contributed by atoms with Gasteiger partial charge in [0, 0.05) is 18.4 Å². The van der Waals surface area contributed by atoms with Gasteiger partial charge in [-0.1, -0.05) is 24.6 Å². The third kappa shape index (κ3) is 2.03. The lowest BCUT2D eigenvalue weighted by Crippen LogP contribution is -2.29. The Bertz CT molecular complexity index is 360. The highest BCUT2D eigenvalue weighted by Crippen LogP contribution is 2.48. The van der Waals surface area contributed by atoms with Crippen LogP contribution in [-0.4, -0.2) is 24.4 Å². The molecule has 3 nitrogen and oxygen atoms in total. The third-order valence-corrected chi connectivity index (χ3v) is 4.52. The molecule has 0 fully saturated rings. The summed E-state index contributed by atoms with van der Waals surface area (Å²) in [7, 11) is 5.49. The molecule has 2 aliphatic heterocycles. The van der Waals surface area contributed by atoms with E-state index in [-0.39, 0.29) is 11.8 Å². The van der Waals surface area contributed by atoms with E-state index in [1.807, 2.05) is 20.9 Å². The van der Waals surface area contributed by atoms with E-state index >= 15 is 0 Å². The minimum Gasteiger partial charge on any atom is -0.367 e. The minimum atomic E-state index is 0.0375. The van der Waals surface area contributed by atoms with E-state index in [2.05, 4.69) is 15.6 Å². The van der Waals surface area contributed by atoms with Crippen LogP contribution in [0, 0.1) is 5.92 Å². The van der Waals surface area contributed by atoms with Crippen molar-refractivity contribution >= 4 is 27.5 Å². The van der Waals surface area contributed by atoms with Gasteiger partial charge < -0.3 is 10.2 Å². The maximum Gasteiger partial charge on any atom is 0.226 e. The summed E-state index contributed by atoms with van der Waals surface area (Å²) < 4.78 is 0. The van der Waals surface area contributed by atoms with Crippen LogP contribution >= 0.6 is 21.6 Å². The smallest absolute Gasteiger partial charge is 0.226 e. The zero-order chi connectivity index (χ0) is 11.0. The van der Waals surface area contributed by atoms with Gasteiger partial charge in [-0.05, 0) is 10.8 Å². The Morgan fingerprint density at radius 3 is 3.00 bits per heavy atom. The van der Waals surface area contributed by atoms with E-state index in [0.717, 1.165) is 12.2 Å². The lowest BCUT2D eigenvalue weighted by atomic mass is 10.2. The maximum atomic E-state index is 11.6. The highest BCUT2D eigenvalue weighted by molar-refractivity contribution is 8.79. The number of carbonyl (C=O) groups is 1. The quantitative estimate of drug-likeness (QED) is 0.752. The van der Waals surface area contributed by atoms with E-state index in [4.69, 9.17) is 0 Å². The fourth-order valence-corrected chi connectivity index (χ4v) is 3.85. The Kier molecular flexibility index (Phi) is 3.02. The van der Waals surface area contributed by atoms with Crippen LogP contribution in [0.1, 0.15) is 13.8 Å². The van der Waals surface area contributed by atoms with Gasteiger partial charge >= 0.3 is 0 Å². The Hall–Kier alpha value is -0.550. The molecule has 15 heavy (non-hydrogen) atoms. The molecule has 2 rings (SSSR count). The van der Waals surface area contributed by atoms with E-state index in [1.165, 1.54) is 10.6 Å². The summed E-state index contributed by atoms with van der Waals surface area (Å²) in [5.41, 5.74) is 2.29. The topological polar surface area (TPSA) is 32.3 Å². The van der Waals surface area contributed by atoms with Crippen molar-refractivity contribution in [2.45, 2.75) is 13.8 Å². The number of carbonyl (C=O) groups excluding carboxylic acids is 1. The highest BCUT2D eigenvalue weighted by Gasteiger charge is 2.29. The normalized spacial score (nSPS) is 19.7. The van der Waals surface area contributed by atoms with Crippen LogP contribution in [-0.2, 0) is 4.79 Å². The molecule has 0 saturated carbocycles. The number of nitrogens with one attached hydrogen (secondary N) is 1. The molecule has 1 amide bonds. The van der Waals surface area contributed by atoms with Crippen LogP contribution in [0.15, 0.2) is 21.7 Å². The van der Waals surface area contributed by atoms with Crippen LogP contribution in [0.5, 0.6) is 0 Å². The van der Waals surface area contributed by atoms with Crippen LogP contribution in [0.3, 0.4) is 0 Å². The fraction of sp³-hybridized carbons (Fsp3) is 0.500. The SMILES string of the molecule is CC(C)C(=O)NC1=C2SSC=C2N(C)C1. The van der Waals surface area contributed by atoms with Gasteiger partial charge in [0.2, 0.25) is 5.91 Å². The van der Waals surface area contributed by atoms with Gasteiger partial charge in [0.05, 0.1) is 22.8 Å². The van der Waals surface area contributed by atoms with Crippen LogP contribution in [0.25, 0.3) is 0 Å². The molecular formula is C10H14N2OS2. The summed E-state index contributed by atoms with van der Waals surface area (Å²) in [6.45, 7) is 4.63. The van der Waals surface area contributed by atoms with Crippen molar-refractivity contribution in [2.75, 3.05) is 13.6 Å². The minimum absolute atomic E-state index is 0.0375. The average Bonchev–Trinajstić information content (AvgIpc) is 2.72. The van der Waals surface area contributed by atoms with Crippen molar-refractivity contribution in [3.63, 3.8) is 0 Å². The van der Waals surface area contributed by atoms with Crippen molar-refractivity contribution in [1.82, 2.24) is 10.2 Å².